The van der Waals surface area contributed by atoms with Gasteiger partial charge in [-0.1, -0.05) is 12.1 Å². The molecule has 0 aromatic heterocycles. The minimum atomic E-state index is -0.481. The molecule has 18 heavy (non-hydrogen) atoms. The van der Waals surface area contributed by atoms with E-state index in [2.05, 4.69) is 0 Å². The zero-order valence-electron chi connectivity index (χ0n) is 11.2. The Morgan fingerprint density at radius 2 is 1.83 bits per heavy atom. The third-order valence-electron chi connectivity index (χ3n) is 2.13. The quantitative estimate of drug-likeness (QED) is 0.812. The summed E-state index contributed by atoms with van der Waals surface area (Å²) in [5.41, 5.74) is 6.14. The van der Waals surface area contributed by atoms with Crippen LogP contribution >= 0.6 is 0 Å². The fraction of sp³-hybridized carbons (Fsp3) is 0.500. The van der Waals surface area contributed by atoms with Gasteiger partial charge in [0.1, 0.15) is 11.4 Å². The Kier molecular flexibility index (Phi) is 5.16. The van der Waals surface area contributed by atoms with Crippen LogP contribution in [0.25, 0.3) is 0 Å². The average molecular weight is 251 g/mol. The van der Waals surface area contributed by atoms with Gasteiger partial charge in [0.15, 0.2) is 6.61 Å². The van der Waals surface area contributed by atoms with E-state index in [4.69, 9.17) is 15.2 Å². The lowest BCUT2D eigenvalue weighted by molar-refractivity contribution is -0.157. The van der Waals surface area contributed by atoms with Gasteiger partial charge in [-0.15, -0.1) is 0 Å². The lowest BCUT2D eigenvalue weighted by Crippen LogP contribution is -2.27. The molecule has 1 aromatic carbocycles. The molecule has 0 aliphatic heterocycles. The molecular weight excluding hydrogens is 230 g/mol. The van der Waals surface area contributed by atoms with Crippen molar-refractivity contribution < 1.29 is 14.3 Å². The number of benzene rings is 1. The summed E-state index contributed by atoms with van der Waals surface area (Å²) in [6.45, 7) is 6.02. The molecule has 4 nitrogen and oxygen atoms in total. The zero-order chi connectivity index (χ0) is 13.6. The van der Waals surface area contributed by atoms with Crippen molar-refractivity contribution >= 4 is 5.97 Å². The molecule has 0 spiro atoms. The Hall–Kier alpha value is -1.55. The summed E-state index contributed by atoms with van der Waals surface area (Å²) in [5.74, 6) is 0.287. The van der Waals surface area contributed by atoms with Gasteiger partial charge in [0.05, 0.1) is 0 Å². The zero-order valence-corrected chi connectivity index (χ0v) is 11.2. The molecule has 0 radical (unpaired) electrons. The highest BCUT2D eigenvalue weighted by atomic mass is 16.6. The minimum Gasteiger partial charge on any atom is -0.482 e. The van der Waals surface area contributed by atoms with Gasteiger partial charge in [-0.05, 0) is 51.4 Å². The summed E-state index contributed by atoms with van der Waals surface area (Å²) in [5, 5.41) is 0. The molecule has 0 aliphatic carbocycles. The van der Waals surface area contributed by atoms with Gasteiger partial charge in [0.2, 0.25) is 0 Å². The van der Waals surface area contributed by atoms with E-state index in [9.17, 15) is 4.79 Å². The monoisotopic (exact) mass is 251 g/mol. The summed E-state index contributed by atoms with van der Waals surface area (Å²) in [7, 11) is 0. The molecule has 0 saturated carbocycles. The van der Waals surface area contributed by atoms with Gasteiger partial charge in [0.25, 0.3) is 0 Å². The largest absolute Gasteiger partial charge is 0.482 e. The standard InChI is InChI=1S/C14H21NO3/c1-14(2,3)18-13(16)10-17-12-6-4-11(5-7-12)8-9-15/h4-7H,8-10,15H2,1-3H3. The van der Waals surface area contributed by atoms with Crippen LogP contribution in [0.15, 0.2) is 24.3 Å². The highest BCUT2D eigenvalue weighted by Crippen LogP contribution is 2.13. The Morgan fingerprint density at radius 3 is 2.33 bits per heavy atom. The van der Waals surface area contributed by atoms with Crippen LogP contribution in [0.4, 0.5) is 0 Å². The summed E-state index contributed by atoms with van der Waals surface area (Å²) in [6.07, 6.45) is 0.840. The number of esters is 1. The second-order valence-corrected chi connectivity index (χ2v) is 5.06. The van der Waals surface area contributed by atoms with Crippen LogP contribution in [0.2, 0.25) is 0 Å². The van der Waals surface area contributed by atoms with Crippen molar-refractivity contribution in [1.29, 1.82) is 0 Å². The van der Waals surface area contributed by atoms with Crippen molar-refractivity contribution in [2.45, 2.75) is 32.8 Å². The van der Waals surface area contributed by atoms with Crippen molar-refractivity contribution in [3.63, 3.8) is 0 Å². The van der Waals surface area contributed by atoms with Crippen molar-refractivity contribution in [2.24, 2.45) is 5.73 Å². The number of ether oxygens (including phenoxy) is 2. The molecule has 0 saturated heterocycles. The molecule has 0 fully saturated rings. The van der Waals surface area contributed by atoms with Gasteiger partial charge in [-0.2, -0.15) is 0 Å². The van der Waals surface area contributed by atoms with E-state index in [0.29, 0.717) is 12.3 Å². The molecule has 2 N–H and O–H groups in total. The second-order valence-electron chi connectivity index (χ2n) is 5.06. The molecule has 0 heterocycles. The first-order valence-corrected chi connectivity index (χ1v) is 6.04. The lowest BCUT2D eigenvalue weighted by Gasteiger charge is -2.19. The number of carbonyl (C=O) groups excluding carboxylic acids is 1. The van der Waals surface area contributed by atoms with Crippen LogP contribution in [0.5, 0.6) is 5.75 Å². The predicted molar refractivity (Wildman–Crippen MR) is 70.5 cm³/mol. The Bertz CT molecular complexity index is 379. The van der Waals surface area contributed by atoms with E-state index in [0.717, 1.165) is 12.0 Å². The maximum Gasteiger partial charge on any atom is 0.344 e. The maximum atomic E-state index is 11.4. The highest BCUT2D eigenvalue weighted by Gasteiger charge is 2.16. The number of nitrogens with two attached hydrogens (primary N) is 1. The SMILES string of the molecule is CC(C)(C)OC(=O)COc1ccc(CCN)cc1. The van der Waals surface area contributed by atoms with E-state index in [1.54, 1.807) is 0 Å². The van der Waals surface area contributed by atoms with Crippen molar-refractivity contribution in [3.05, 3.63) is 29.8 Å². The molecule has 0 bridgehead atoms. The molecule has 0 atom stereocenters. The number of rotatable bonds is 5. The lowest BCUT2D eigenvalue weighted by atomic mass is 10.1. The molecule has 100 valence electrons. The molecular formula is C14H21NO3. The van der Waals surface area contributed by atoms with E-state index >= 15 is 0 Å². The molecule has 4 heteroatoms. The van der Waals surface area contributed by atoms with Crippen LogP contribution in [0, 0.1) is 0 Å². The second kappa shape index (κ2) is 6.40. The molecule has 0 unspecified atom stereocenters. The topological polar surface area (TPSA) is 61.5 Å². The van der Waals surface area contributed by atoms with Gasteiger partial charge in [-0.25, -0.2) is 4.79 Å². The summed E-state index contributed by atoms with van der Waals surface area (Å²) < 4.78 is 10.5. The van der Waals surface area contributed by atoms with Crippen LogP contribution < -0.4 is 10.5 Å². The first-order valence-electron chi connectivity index (χ1n) is 6.04. The summed E-state index contributed by atoms with van der Waals surface area (Å²) in [4.78, 5) is 11.4. The van der Waals surface area contributed by atoms with Crippen LogP contribution in [-0.4, -0.2) is 24.7 Å². The van der Waals surface area contributed by atoms with Crippen molar-refractivity contribution in [2.75, 3.05) is 13.2 Å². The molecule has 0 aliphatic rings. The maximum absolute atomic E-state index is 11.4. The fourth-order valence-corrected chi connectivity index (χ4v) is 1.43. The van der Waals surface area contributed by atoms with E-state index < -0.39 is 5.60 Å². The van der Waals surface area contributed by atoms with Crippen LogP contribution in [0.3, 0.4) is 0 Å². The number of hydrogen-bond acceptors (Lipinski definition) is 4. The number of carbonyl (C=O) groups is 1. The van der Waals surface area contributed by atoms with Gasteiger partial charge >= 0.3 is 5.97 Å². The van der Waals surface area contributed by atoms with E-state index in [1.807, 2.05) is 45.0 Å². The third kappa shape index (κ3) is 5.68. The molecule has 1 rings (SSSR count). The van der Waals surface area contributed by atoms with Crippen molar-refractivity contribution in [3.8, 4) is 5.75 Å². The molecule has 1 aromatic rings. The molecule has 0 amide bonds. The number of hydrogen-bond donors (Lipinski definition) is 1. The van der Waals surface area contributed by atoms with Crippen LogP contribution in [0.1, 0.15) is 26.3 Å². The normalized spacial score (nSPS) is 11.1. The van der Waals surface area contributed by atoms with Gasteiger partial charge in [0, 0.05) is 0 Å². The van der Waals surface area contributed by atoms with Gasteiger partial charge < -0.3 is 15.2 Å². The first kappa shape index (κ1) is 14.5. The Morgan fingerprint density at radius 1 is 1.22 bits per heavy atom. The minimum absolute atomic E-state index is 0.0759. The fourth-order valence-electron chi connectivity index (χ4n) is 1.43. The van der Waals surface area contributed by atoms with Gasteiger partial charge in [-0.3, -0.25) is 0 Å². The van der Waals surface area contributed by atoms with Crippen LogP contribution in [-0.2, 0) is 16.0 Å². The Balaban J connectivity index is 2.41. The average Bonchev–Trinajstić information content (AvgIpc) is 2.26. The smallest absolute Gasteiger partial charge is 0.344 e. The highest BCUT2D eigenvalue weighted by molar-refractivity contribution is 5.71. The third-order valence-corrected chi connectivity index (χ3v) is 2.13. The summed E-state index contributed by atoms with van der Waals surface area (Å²) >= 11 is 0. The Labute approximate surface area is 108 Å². The predicted octanol–water partition coefficient (Wildman–Crippen LogP) is 1.91. The van der Waals surface area contributed by atoms with E-state index in [1.165, 1.54) is 0 Å². The van der Waals surface area contributed by atoms with Crippen molar-refractivity contribution in [1.82, 2.24) is 0 Å². The van der Waals surface area contributed by atoms with E-state index in [-0.39, 0.29) is 12.6 Å². The first-order chi connectivity index (χ1) is 8.40. The summed E-state index contributed by atoms with van der Waals surface area (Å²) in [6, 6.07) is 7.54.